The van der Waals surface area contributed by atoms with Crippen molar-refractivity contribution in [3.05, 3.63) is 41.4 Å². The molecule has 2 atom stereocenters. The Morgan fingerprint density at radius 3 is 2.88 bits per heavy atom. The van der Waals surface area contributed by atoms with E-state index in [9.17, 15) is 12.8 Å². The third-order valence-corrected chi connectivity index (χ3v) is 6.62. The number of imidazole rings is 1. The molecule has 25 heavy (non-hydrogen) atoms. The van der Waals surface area contributed by atoms with Gasteiger partial charge in [0, 0.05) is 32.4 Å². The van der Waals surface area contributed by atoms with Crippen LogP contribution in [0.3, 0.4) is 0 Å². The summed E-state index contributed by atoms with van der Waals surface area (Å²) >= 11 is 5.87. The van der Waals surface area contributed by atoms with Crippen LogP contribution in [0.2, 0.25) is 5.02 Å². The number of hydrogen-bond donors (Lipinski definition) is 0. The van der Waals surface area contributed by atoms with E-state index >= 15 is 0 Å². The normalized spacial score (nSPS) is 21.2. The van der Waals surface area contributed by atoms with Crippen LogP contribution in [0.1, 0.15) is 6.04 Å². The predicted octanol–water partition coefficient (Wildman–Crippen LogP) is 2.42. The molecule has 0 unspecified atom stereocenters. The summed E-state index contributed by atoms with van der Waals surface area (Å²) in [5.74, 6) is -0.432. The molecule has 0 amide bonds. The van der Waals surface area contributed by atoms with Crippen LogP contribution >= 0.6 is 11.6 Å². The van der Waals surface area contributed by atoms with Gasteiger partial charge in [0.15, 0.2) is 5.82 Å². The van der Waals surface area contributed by atoms with Gasteiger partial charge in [-0.15, -0.1) is 0 Å². The van der Waals surface area contributed by atoms with Crippen LogP contribution in [0.25, 0.3) is 11.4 Å². The summed E-state index contributed by atoms with van der Waals surface area (Å²) in [5.41, 5.74) is 0.276. The molecule has 0 N–H and O–H groups in total. The van der Waals surface area contributed by atoms with Crippen molar-refractivity contribution in [3.63, 3.8) is 0 Å². The molecule has 1 aliphatic heterocycles. The van der Waals surface area contributed by atoms with Gasteiger partial charge in [-0.25, -0.2) is 22.1 Å². The molecule has 136 valence electrons. The van der Waals surface area contributed by atoms with Crippen LogP contribution in [0, 0.1) is 11.7 Å². The van der Waals surface area contributed by atoms with Gasteiger partial charge in [-0.3, -0.25) is 0 Å². The Kier molecular flexibility index (Phi) is 5.15. The lowest BCUT2D eigenvalue weighted by atomic mass is 10.1. The van der Waals surface area contributed by atoms with Crippen LogP contribution in [-0.2, 0) is 14.8 Å². The van der Waals surface area contributed by atoms with Gasteiger partial charge in [-0.2, -0.15) is 0 Å². The van der Waals surface area contributed by atoms with Gasteiger partial charge in [0.05, 0.1) is 35.6 Å². The second-order valence-corrected chi connectivity index (χ2v) is 8.82. The Balaban J connectivity index is 1.95. The average molecular weight is 388 g/mol. The first kappa shape index (κ1) is 18.3. The van der Waals surface area contributed by atoms with E-state index in [0.29, 0.717) is 19.0 Å². The van der Waals surface area contributed by atoms with Crippen LogP contribution in [0.5, 0.6) is 0 Å². The number of rotatable bonds is 5. The van der Waals surface area contributed by atoms with Gasteiger partial charge in [0.25, 0.3) is 0 Å². The topological polar surface area (TPSA) is 64.4 Å². The van der Waals surface area contributed by atoms with Crippen LogP contribution < -0.4 is 0 Å². The van der Waals surface area contributed by atoms with Gasteiger partial charge in [0.1, 0.15) is 5.82 Å². The monoisotopic (exact) mass is 387 g/mol. The number of ether oxygens (including phenoxy) is 1. The minimum atomic E-state index is -3.37. The Hall–Kier alpha value is -1.48. The smallest absolute Gasteiger partial charge is 0.214 e. The van der Waals surface area contributed by atoms with Crippen molar-refractivity contribution < 1.29 is 17.5 Å². The standard InChI is InChI=1S/C16H19ClFN3O3S/c1-20(2)25(22,23)10-11-8-24-9-14(11)21-7-6-19-16(21)12-4-3-5-13(17)15(12)18/h3-7,11,14H,8-10H2,1-2H3/t11-,14-/m1/s1. The van der Waals surface area contributed by atoms with E-state index in [2.05, 4.69) is 4.98 Å². The van der Waals surface area contributed by atoms with E-state index < -0.39 is 15.8 Å². The number of aromatic nitrogens is 2. The lowest BCUT2D eigenvalue weighted by Crippen LogP contribution is -2.32. The van der Waals surface area contributed by atoms with Crippen molar-refractivity contribution in [1.82, 2.24) is 13.9 Å². The van der Waals surface area contributed by atoms with E-state index in [1.165, 1.54) is 24.5 Å². The quantitative estimate of drug-likeness (QED) is 0.790. The Bertz CT molecular complexity index is 869. The summed E-state index contributed by atoms with van der Waals surface area (Å²) in [6, 6.07) is 4.48. The van der Waals surface area contributed by atoms with Gasteiger partial charge in [0.2, 0.25) is 10.0 Å². The third kappa shape index (κ3) is 3.57. The zero-order chi connectivity index (χ0) is 18.2. The maximum atomic E-state index is 14.4. The van der Waals surface area contributed by atoms with Crippen LogP contribution in [-0.4, -0.2) is 55.3 Å². The molecule has 0 saturated carbocycles. The first-order valence-electron chi connectivity index (χ1n) is 7.76. The van der Waals surface area contributed by atoms with Crippen molar-refractivity contribution in [2.24, 2.45) is 5.92 Å². The van der Waals surface area contributed by atoms with E-state index in [1.54, 1.807) is 29.1 Å². The third-order valence-electron chi connectivity index (χ3n) is 4.36. The molecule has 0 radical (unpaired) electrons. The summed E-state index contributed by atoms with van der Waals surface area (Å²) in [7, 11) is -0.365. The van der Waals surface area contributed by atoms with E-state index in [-0.39, 0.29) is 28.3 Å². The second kappa shape index (κ2) is 7.03. The fourth-order valence-electron chi connectivity index (χ4n) is 2.94. The van der Waals surface area contributed by atoms with Gasteiger partial charge in [-0.1, -0.05) is 17.7 Å². The summed E-state index contributed by atoms with van der Waals surface area (Å²) in [4.78, 5) is 4.25. The number of sulfonamides is 1. The number of halogens is 2. The summed E-state index contributed by atoms with van der Waals surface area (Å²) in [5, 5.41) is 0.0152. The molecule has 0 spiro atoms. The molecule has 9 heteroatoms. The molecule has 1 aliphatic rings. The lowest BCUT2D eigenvalue weighted by molar-refractivity contribution is 0.182. The van der Waals surface area contributed by atoms with Gasteiger partial charge in [-0.05, 0) is 12.1 Å². The van der Waals surface area contributed by atoms with Crippen molar-refractivity contribution >= 4 is 21.6 Å². The molecule has 3 rings (SSSR count). The summed E-state index contributed by atoms with van der Waals surface area (Å²) in [6.45, 7) is 0.673. The maximum absolute atomic E-state index is 14.4. The zero-order valence-electron chi connectivity index (χ0n) is 13.9. The molecule has 6 nitrogen and oxygen atoms in total. The number of nitrogens with zero attached hydrogens (tertiary/aromatic N) is 3. The molecule has 1 saturated heterocycles. The van der Waals surface area contributed by atoms with Gasteiger partial charge < -0.3 is 9.30 Å². The number of hydrogen-bond acceptors (Lipinski definition) is 4. The highest BCUT2D eigenvalue weighted by molar-refractivity contribution is 7.89. The molecule has 1 aromatic carbocycles. The van der Waals surface area contributed by atoms with Gasteiger partial charge >= 0.3 is 0 Å². The molecule has 2 heterocycles. The van der Waals surface area contributed by atoms with Crippen molar-refractivity contribution in [2.75, 3.05) is 33.1 Å². The molecule has 0 aliphatic carbocycles. The predicted molar refractivity (Wildman–Crippen MR) is 93.5 cm³/mol. The average Bonchev–Trinajstić information content (AvgIpc) is 3.18. The Morgan fingerprint density at radius 1 is 1.40 bits per heavy atom. The highest BCUT2D eigenvalue weighted by atomic mass is 35.5. The Labute approximate surface area is 151 Å². The highest BCUT2D eigenvalue weighted by Crippen LogP contribution is 2.33. The maximum Gasteiger partial charge on any atom is 0.214 e. The fraction of sp³-hybridized carbons (Fsp3) is 0.438. The first-order chi connectivity index (χ1) is 11.8. The highest BCUT2D eigenvalue weighted by Gasteiger charge is 2.35. The van der Waals surface area contributed by atoms with E-state index in [1.807, 2.05) is 0 Å². The van der Waals surface area contributed by atoms with E-state index in [0.717, 1.165) is 0 Å². The first-order valence-corrected chi connectivity index (χ1v) is 9.75. The van der Waals surface area contributed by atoms with Crippen molar-refractivity contribution in [3.8, 4) is 11.4 Å². The zero-order valence-corrected chi connectivity index (χ0v) is 15.5. The number of benzene rings is 1. The largest absolute Gasteiger partial charge is 0.379 e. The second-order valence-electron chi connectivity index (χ2n) is 6.19. The fourth-order valence-corrected chi connectivity index (χ4v) is 4.27. The van der Waals surface area contributed by atoms with Crippen LogP contribution in [0.4, 0.5) is 4.39 Å². The lowest BCUT2D eigenvalue weighted by Gasteiger charge is -2.22. The summed E-state index contributed by atoms with van der Waals surface area (Å²) in [6.07, 6.45) is 3.27. The Morgan fingerprint density at radius 2 is 2.16 bits per heavy atom. The molecule has 0 bridgehead atoms. The molecular weight excluding hydrogens is 369 g/mol. The molecule has 1 fully saturated rings. The van der Waals surface area contributed by atoms with Crippen molar-refractivity contribution in [1.29, 1.82) is 0 Å². The van der Waals surface area contributed by atoms with Crippen LogP contribution in [0.15, 0.2) is 30.6 Å². The molecule has 2 aromatic rings. The van der Waals surface area contributed by atoms with Crippen molar-refractivity contribution in [2.45, 2.75) is 6.04 Å². The molecular formula is C16H19ClFN3O3S. The molecule has 1 aromatic heterocycles. The SMILES string of the molecule is CN(C)S(=O)(=O)C[C@H]1COC[C@H]1n1ccnc1-c1cccc(Cl)c1F. The summed E-state index contributed by atoms with van der Waals surface area (Å²) < 4.78 is 47.3. The van der Waals surface area contributed by atoms with E-state index in [4.69, 9.17) is 16.3 Å². The minimum Gasteiger partial charge on any atom is -0.379 e. The minimum absolute atomic E-state index is 0.0152.